The fraction of sp³-hybridized carbons (Fsp3) is 0.0667. The minimum absolute atomic E-state index is 0.00465. The average molecular weight is 354 g/mol. The number of aromatic nitrogens is 1. The Bertz CT molecular complexity index is 823. The van der Waals surface area contributed by atoms with Crippen LogP contribution in [0, 0.1) is 0 Å². The van der Waals surface area contributed by atoms with Crippen LogP contribution in [0.5, 0.6) is 0 Å². The molecule has 10 heteroatoms. The summed E-state index contributed by atoms with van der Waals surface area (Å²) in [6.45, 7) is 0. The van der Waals surface area contributed by atoms with Gasteiger partial charge in [-0.25, -0.2) is 4.79 Å². The molecule has 132 valence electrons. The first-order valence-corrected chi connectivity index (χ1v) is 6.73. The third-order valence-corrected chi connectivity index (χ3v) is 2.95. The van der Waals surface area contributed by atoms with Gasteiger partial charge in [-0.05, 0) is 24.3 Å². The Morgan fingerprint density at radius 3 is 2.40 bits per heavy atom. The number of allylic oxidation sites excluding steroid dienone is 2. The van der Waals surface area contributed by atoms with Crippen molar-refractivity contribution < 1.29 is 27.5 Å². The molecule has 0 fully saturated rings. The summed E-state index contributed by atoms with van der Waals surface area (Å²) in [4.78, 5) is 14.6. The molecule has 25 heavy (non-hydrogen) atoms. The molecule has 0 radical (unpaired) electrons. The third-order valence-electron chi connectivity index (χ3n) is 2.95. The molecule has 0 saturated carbocycles. The van der Waals surface area contributed by atoms with E-state index in [1.807, 2.05) is 0 Å². The number of carboxylic acid groups (broad SMARTS) is 1. The minimum atomic E-state index is -4.42. The molecule has 7 nitrogen and oxygen atoms in total. The molecule has 0 aliphatic rings. The van der Waals surface area contributed by atoms with Crippen molar-refractivity contribution in [3.8, 4) is 11.3 Å². The second-order valence-corrected chi connectivity index (χ2v) is 4.79. The van der Waals surface area contributed by atoms with Crippen LogP contribution in [-0.2, 0) is 11.0 Å². The van der Waals surface area contributed by atoms with E-state index in [4.69, 9.17) is 21.0 Å². The average Bonchev–Trinajstić information content (AvgIpc) is 3.00. The summed E-state index contributed by atoms with van der Waals surface area (Å²) in [5.74, 6) is -1.30. The van der Waals surface area contributed by atoms with Crippen LogP contribution in [0.2, 0.25) is 0 Å². The van der Waals surface area contributed by atoms with Crippen LogP contribution in [0.15, 0.2) is 58.6 Å². The predicted molar refractivity (Wildman–Crippen MR) is 82.7 cm³/mol. The van der Waals surface area contributed by atoms with Gasteiger partial charge in [-0.15, -0.1) is 0 Å². The molecule has 1 heterocycles. The van der Waals surface area contributed by atoms with Gasteiger partial charge in [0.15, 0.2) is 0 Å². The molecule has 6 N–H and O–H groups in total. The van der Waals surface area contributed by atoms with Crippen LogP contribution in [0.4, 0.5) is 19.2 Å². The Hall–Kier alpha value is -3.43. The number of alkyl halides is 3. The number of nitrogens with zero attached hydrogens (tertiary/aromatic N) is 1. The van der Waals surface area contributed by atoms with Gasteiger partial charge in [0.05, 0.1) is 5.56 Å². The number of anilines is 1. The highest BCUT2D eigenvalue weighted by atomic mass is 19.4. The lowest BCUT2D eigenvalue weighted by Gasteiger charge is -2.06. The van der Waals surface area contributed by atoms with Crippen LogP contribution < -0.4 is 16.8 Å². The smallest absolute Gasteiger partial charge is 0.416 e. The maximum atomic E-state index is 12.5. The summed E-state index contributed by atoms with van der Waals surface area (Å²) in [5, 5.41) is 11.1. The molecule has 0 bridgehead atoms. The lowest BCUT2D eigenvalue weighted by atomic mass is 10.1. The highest BCUT2D eigenvalue weighted by molar-refractivity contribution is 5.85. The number of benzene rings is 1. The lowest BCUT2D eigenvalue weighted by molar-refractivity contribution is -0.137. The maximum Gasteiger partial charge on any atom is 0.416 e. The number of carboxylic acids is 1. The number of carbonyl (C=O) groups is 1. The van der Waals surface area contributed by atoms with E-state index in [0.29, 0.717) is 11.3 Å². The zero-order chi connectivity index (χ0) is 18.6. The summed E-state index contributed by atoms with van der Waals surface area (Å²) < 4.78 is 42.7. The van der Waals surface area contributed by atoms with E-state index < -0.39 is 23.4 Å². The number of halogens is 3. The van der Waals surface area contributed by atoms with Crippen LogP contribution in [0.25, 0.3) is 11.3 Å². The summed E-state index contributed by atoms with van der Waals surface area (Å²) in [6.07, 6.45) is -0.908. The van der Waals surface area contributed by atoms with Gasteiger partial charge in [0.1, 0.15) is 23.5 Å². The van der Waals surface area contributed by atoms with Crippen LogP contribution in [-0.4, -0.2) is 16.1 Å². The molecule has 1 aromatic heterocycles. The van der Waals surface area contributed by atoms with E-state index >= 15 is 0 Å². The van der Waals surface area contributed by atoms with E-state index in [9.17, 15) is 18.0 Å². The van der Waals surface area contributed by atoms with Gasteiger partial charge in [-0.2, -0.15) is 18.2 Å². The molecule has 0 amide bonds. The van der Waals surface area contributed by atoms with Gasteiger partial charge in [-0.3, -0.25) is 5.32 Å². The Balaban J connectivity index is 2.11. The predicted octanol–water partition coefficient (Wildman–Crippen LogP) is 2.50. The van der Waals surface area contributed by atoms with Crippen molar-refractivity contribution in [2.75, 3.05) is 5.32 Å². The summed E-state index contributed by atoms with van der Waals surface area (Å²) >= 11 is 0. The van der Waals surface area contributed by atoms with Crippen LogP contribution in [0.3, 0.4) is 0 Å². The molecular formula is C15H13F3N4O3. The SMILES string of the molecule is N/C(=C\C=C(/N)Nc1nc(-c2ccc(C(F)(F)F)cc2)co1)C(=O)O. The van der Waals surface area contributed by atoms with Crippen molar-refractivity contribution in [1.82, 2.24) is 4.98 Å². The second-order valence-electron chi connectivity index (χ2n) is 4.79. The van der Waals surface area contributed by atoms with Crippen molar-refractivity contribution in [2.24, 2.45) is 11.5 Å². The van der Waals surface area contributed by atoms with Crippen LogP contribution in [0.1, 0.15) is 5.56 Å². The first-order valence-electron chi connectivity index (χ1n) is 6.73. The van der Waals surface area contributed by atoms with E-state index in [-0.39, 0.29) is 11.8 Å². The Morgan fingerprint density at radius 2 is 1.84 bits per heavy atom. The Labute approximate surface area is 139 Å². The van der Waals surface area contributed by atoms with Gasteiger partial charge < -0.3 is 21.0 Å². The first-order chi connectivity index (χ1) is 11.7. The summed E-state index contributed by atoms with van der Waals surface area (Å²) in [7, 11) is 0. The molecule has 0 aliphatic heterocycles. The fourth-order valence-corrected chi connectivity index (χ4v) is 1.71. The van der Waals surface area contributed by atoms with E-state index in [2.05, 4.69) is 10.3 Å². The van der Waals surface area contributed by atoms with Gasteiger partial charge in [0, 0.05) is 5.56 Å². The van der Waals surface area contributed by atoms with E-state index in [1.54, 1.807) is 0 Å². The molecule has 0 unspecified atom stereocenters. The number of aliphatic carboxylic acids is 1. The number of hydrogen-bond acceptors (Lipinski definition) is 6. The quantitative estimate of drug-likeness (QED) is 0.480. The summed E-state index contributed by atoms with van der Waals surface area (Å²) in [5.41, 5.74) is 10.3. The molecule has 0 atom stereocenters. The molecule has 0 saturated heterocycles. The van der Waals surface area contributed by atoms with Crippen molar-refractivity contribution in [1.29, 1.82) is 0 Å². The normalized spacial score (nSPS) is 12.9. The maximum absolute atomic E-state index is 12.5. The number of rotatable bonds is 5. The topological polar surface area (TPSA) is 127 Å². The Morgan fingerprint density at radius 1 is 1.20 bits per heavy atom. The first kappa shape index (κ1) is 17.9. The molecule has 0 spiro atoms. The standard InChI is InChI=1S/C15H13F3N4O3/c16-15(17,18)9-3-1-8(2-4-9)11-7-25-14(21-11)22-12(20)6-5-10(19)13(23)24/h1-7H,19-20H2,(H,21,22)(H,23,24)/b10-5-,12-6+. The highest BCUT2D eigenvalue weighted by Crippen LogP contribution is 2.31. The number of nitrogens with one attached hydrogen (secondary N) is 1. The second kappa shape index (κ2) is 6.99. The fourth-order valence-electron chi connectivity index (χ4n) is 1.71. The van der Waals surface area contributed by atoms with Crippen LogP contribution >= 0.6 is 0 Å². The number of hydrogen-bond donors (Lipinski definition) is 4. The van der Waals surface area contributed by atoms with Crippen molar-refractivity contribution in [3.63, 3.8) is 0 Å². The monoisotopic (exact) mass is 354 g/mol. The minimum Gasteiger partial charge on any atom is -0.477 e. The van der Waals surface area contributed by atoms with Crippen molar-refractivity contribution in [2.45, 2.75) is 6.18 Å². The number of nitrogens with two attached hydrogens (primary N) is 2. The van der Waals surface area contributed by atoms with E-state index in [0.717, 1.165) is 18.2 Å². The van der Waals surface area contributed by atoms with Gasteiger partial charge >= 0.3 is 18.2 Å². The van der Waals surface area contributed by atoms with Crippen molar-refractivity contribution in [3.05, 3.63) is 59.8 Å². The highest BCUT2D eigenvalue weighted by Gasteiger charge is 2.30. The van der Waals surface area contributed by atoms with Gasteiger partial charge in [0.2, 0.25) is 0 Å². The molecular weight excluding hydrogens is 341 g/mol. The molecule has 2 aromatic rings. The van der Waals surface area contributed by atoms with Gasteiger partial charge in [-0.1, -0.05) is 12.1 Å². The lowest BCUT2D eigenvalue weighted by Crippen LogP contribution is -2.11. The zero-order valence-electron chi connectivity index (χ0n) is 12.5. The molecule has 1 aromatic carbocycles. The molecule has 2 rings (SSSR count). The Kier molecular flexibility index (Phi) is 5.01. The molecule has 0 aliphatic carbocycles. The summed E-state index contributed by atoms with van der Waals surface area (Å²) in [6, 6.07) is 4.38. The third kappa shape index (κ3) is 4.77. The zero-order valence-corrected chi connectivity index (χ0v) is 12.5. The number of oxazole rings is 1. The van der Waals surface area contributed by atoms with Crippen molar-refractivity contribution >= 4 is 12.0 Å². The van der Waals surface area contributed by atoms with E-state index in [1.165, 1.54) is 24.5 Å². The van der Waals surface area contributed by atoms with Gasteiger partial charge in [0.25, 0.3) is 0 Å². The largest absolute Gasteiger partial charge is 0.477 e.